The lowest BCUT2D eigenvalue weighted by Crippen LogP contribution is -1.99. The third kappa shape index (κ3) is 2.66. The molecule has 1 rings (SSSR count). The molecule has 0 amide bonds. The van der Waals surface area contributed by atoms with Crippen LogP contribution in [0.2, 0.25) is 5.02 Å². The van der Waals surface area contributed by atoms with Gasteiger partial charge in [-0.15, -0.1) is 0 Å². The molecule has 13 heavy (non-hydrogen) atoms. The lowest BCUT2D eigenvalue weighted by atomic mass is 10.0. The van der Waals surface area contributed by atoms with E-state index in [1.165, 1.54) is 0 Å². The molecule has 0 fully saturated rings. The zero-order valence-electron chi connectivity index (χ0n) is 7.57. The predicted molar refractivity (Wildman–Crippen MR) is 49.9 cm³/mol. The minimum absolute atomic E-state index is 0.172. The average Bonchev–Trinajstić information content (AvgIpc) is 1.96. The largest absolute Gasteiger partial charge is 0.207 e. The van der Waals surface area contributed by atoms with E-state index < -0.39 is 11.6 Å². The highest BCUT2D eigenvalue weighted by Crippen LogP contribution is 2.23. The highest BCUT2D eigenvalue weighted by molar-refractivity contribution is 6.31. The number of rotatable bonds is 2. The summed E-state index contributed by atoms with van der Waals surface area (Å²) in [6.45, 7) is 3.91. The summed E-state index contributed by atoms with van der Waals surface area (Å²) in [6.07, 6.45) is 0.533. The molecule has 0 unspecified atom stereocenters. The zero-order chi connectivity index (χ0) is 10.0. The van der Waals surface area contributed by atoms with Crippen molar-refractivity contribution in [2.24, 2.45) is 5.92 Å². The van der Waals surface area contributed by atoms with Crippen LogP contribution in [0.5, 0.6) is 0 Å². The van der Waals surface area contributed by atoms with Crippen molar-refractivity contribution in [1.82, 2.24) is 0 Å². The Kier molecular flexibility index (Phi) is 3.26. The van der Waals surface area contributed by atoms with Gasteiger partial charge >= 0.3 is 0 Å². The van der Waals surface area contributed by atoms with Crippen LogP contribution in [0.3, 0.4) is 0 Å². The molecule has 0 radical (unpaired) electrons. The Morgan fingerprint density at radius 3 is 2.38 bits per heavy atom. The van der Waals surface area contributed by atoms with E-state index in [2.05, 4.69) is 0 Å². The van der Waals surface area contributed by atoms with Gasteiger partial charge in [0.1, 0.15) is 11.6 Å². The van der Waals surface area contributed by atoms with Gasteiger partial charge in [-0.3, -0.25) is 0 Å². The Morgan fingerprint density at radius 1 is 1.31 bits per heavy atom. The van der Waals surface area contributed by atoms with E-state index in [0.29, 0.717) is 17.9 Å². The monoisotopic (exact) mass is 204 g/mol. The van der Waals surface area contributed by atoms with E-state index in [1.54, 1.807) is 0 Å². The van der Waals surface area contributed by atoms with E-state index in [1.807, 2.05) is 13.8 Å². The molecule has 0 bridgehead atoms. The van der Waals surface area contributed by atoms with Crippen molar-refractivity contribution in [2.45, 2.75) is 20.3 Å². The first-order valence-electron chi connectivity index (χ1n) is 4.14. The van der Waals surface area contributed by atoms with E-state index >= 15 is 0 Å². The third-order valence-corrected chi connectivity index (χ3v) is 2.06. The van der Waals surface area contributed by atoms with Gasteiger partial charge in [0.25, 0.3) is 0 Å². The fourth-order valence-corrected chi connectivity index (χ4v) is 1.45. The van der Waals surface area contributed by atoms with Gasteiger partial charge in [0, 0.05) is 16.7 Å². The van der Waals surface area contributed by atoms with Crippen LogP contribution < -0.4 is 0 Å². The normalized spacial score (nSPS) is 10.9. The number of hydrogen-bond donors (Lipinski definition) is 0. The van der Waals surface area contributed by atoms with Crippen LogP contribution in [0.4, 0.5) is 8.78 Å². The van der Waals surface area contributed by atoms with Crippen molar-refractivity contribution in [3.8, 4) is 0 Å². The smallest absolute Gasteiger partial charge is 0.130 e. The van der Waals surface area contributed by atoms with Gasteiger partial charge < -0.3 is 0 Å². The van der Waals surface area contributed by atoms with Crippen LogP contribution in [0, 0.1) is 17.6 Å². The van der Waals surface area contributed by atoms with Crippen LogP contribution >= 0.6 is 11.6 Å². The number of halogens is 3. The molecule has 0 aliphatic carbocycles. The zero-order valence-corrected chi connectivity index (χ0v) is 8.33. The predicted octanol–water partition coefficient (Wildman–Crippen LogP) is 3.82. The van der Waals surface area contributed by atoms with Gasteiger partial charge in [0.2, 0.25) is 0 Å². The fraction of sp³-hybridized carbons (Fsp3) is 0.400. The van der Waals surface area contributed by atoms with Crippen molar-refractivity contribution in [2.75, 3.05) is 0 Å². The molecule has 0 aliphatic rings. The summed E-state index contributed by atoms with van der Waals surface area (Å²) in [5.41, 5.74) is 0.401. The Morgan fingerprint density at radius 2 is 1.92 bits per heavy atom. The molecule has 0 atom stereocenters. The van der Waals surface area contributed by atoms with Gasteiger partial charge in [-0.2, -0.15) is 0 Å². The maximum absolute atomic E-state index is 13.1. The topological polar surface area (TPSA) is 0 Å². The molecular weight excluding hydrogens is 194 g/mol. The molecule has 0 saturated carbocycles. The maximum Gasteiger partial charge on any atom is 0.130 e. The van der Waals surface area contributed by atoms with Crippen LogP contribution in [0.1, 0.15) is 19.4 Å². The van der Waals surface area contributed by atoms with Crippen LogP contribution in [0.15, 0.2) is 12.1 Å². The van der Waals surface area contributed by atoms with Crippen molar-refractivity contribution < 1.29 is 8.78 Å². The maximum atomic E-state index is 13.1. The first kappa shape index (κ1) is 10.5. The lowest BCUT2D eigenvalue weighted by molar-refractivity contribution is 0.552. The minimum atomic E-state index is -0.630. The van der Waals surface area contributed by atoms with Gasteiger partial charge in [-0.25, -0.2) is 8.78 Å². The van der Waals surface area contributed by atoms with E-state index in [0.717, 1.165) is 12.1 Å². The first-order valence-corrected chi connectivity index (χ1v) is 4.52. The molecule has 0 N–H and O–H groups in total. The van der Waals surface area contributed by atoms with Crippen LogP contribution in [-0.2, 0) is 6.42 Å². The molecule has 72 valence electrons. The molecule has 1 aromatic rings. The lowest BCUT2D eigenvalue weighted by Gasteiger charge is -2.08. The third-order valence-electron chi connectivity index (χ3n) is 1.72. The van der Waals surface area contributed by atoms with Crippen molar-refractivity contribution in [3.05, 3.63) is 34.4 Å². The highest BCUT2D eigenvalue weighted by Gasteiger charge is 2.10. The average molecular weight is 205 g/mol. The molecule has 0 heterocycles. The van der Waals surface area contributed by atoms with Gasteiger partial charge in [-0.05, 0) is 18.4 Å². The summed E-state index contributed by atoms with van der Waals surface area (Å²) in [6, 6.07) is 2.01. The molecule has 0 aliphatic heterocycles. The Hall–Kier alpha value is -0.630. The number of hydrogen-bond acceptors (Lipinski definition) is 0. The molecule has 0 spiro atoms. The summed E-state index contributed by atoms with van der Waals surface area (Å²) in [5, 5.41) is 0.172. The Bertz CT molecular complexity index is 285. The molecular formula is C10H11ClF2. The number of benzene rings is 1. The summed E-state index contributed by atoms with van der Waals surface area (Å²) < 4.78 is 25.8. The van der Waals surface area contributed by atoms with Crippen molar-refractivity contribution in [1.29, 1.82) is 0 Å². The highest BCUT2D eigenvalue weighted by atomic mass is 35.5. The Labute approximate surface area is 81.5 Å². The summed E-state index contributed by atoms with van der Waals surface area (Å²) >= 11 is 5.70. The SMILES string of the molecule is CC(C)Cc1c(F)cc(F)cc1Cl. The van der Waals surface area contributed by atoms with E-state index in [-0.39, 0.29) is 5.02 Å². The molecule has 3 heteroatoms. The van der Waals surface area contributed by atoms with Crippen molar-refractivity contribution in [3.63, 3.8) is 0 Å². The standard InChI is InChI=1S/C10H11ClF2/c1-6(2)3-8-9(11)4-7(12)5-10(8)13/h4-6H,3H2,1-2H3. The second kappa shape index (κ2) is 4.05. The molecule has 0 nitrogen and oxygen atoms in total. The first-order chi connectivity index (χ1) is 6.00. The van der Waals surface area contributed by atoms with Crippen LogP contribution in [-0.4, -0.2) is 0 Å². The Balaban J connectivity index is 3.06. The summed E-state index contributed by atoms with van der Waals surface area (Å²) in [4.78, 5) is 0. The quantitative estimate of drug-likeness (QED) is 0.687. The molecule has 0 saturated heterocycles. The molecule has 0 aromatic heterocycles. The summed E-state index contributed by atoms with van der Waals surface area (Å²) in [7, 11) is 0. The van der Waals surface area contributed by atoms with E-state index in [4.69, 9.17) is 11.6 Å². The van der Waals surface area contributed by atoms with Crippen LogP contribution in [0.25, 0.3) is 0 Å². The molecule has 1 aromatic carbocycles. The van der Waals surface area contributed by atoms with Crippen molar-refractivity contribution >= 4 is 11.6 Å². The fourth-order valence-electron chi connectivity index (χ4n) is 1.18. The van der Waals surface area contributed by atoms with Gasteiger partial charge in [-0.1, -0.05) is 25.4 Å². The second-order valence-corrected chi connectivity index (χ2v) is 3.85. The minimum Gasteiger partial charge on any atom is -0.207 e. The summed E-state index contributed by atoms with van der Waals surface area (Å²) in [5.74, 6) is -0.883. The van der Waals surface area contributed by atoms with E-state index in [9.17, 15) is 8.78 Å². The van der Waals surface area contributed by atoms with Gasteiger partial charge in [0.15, 0.2) is 0 Å². The van der Waals surface area contributed by atoms with Gasteiger partial charge in [0.05, 0.1) is 0 Å². The second-order valence-electron chi connectivity index (χ2n) is 3.45.